The first-order valence-electron chi connectivity index (χ1n) is 7.72. The van der Waals surface area contributed by atoms with E-state index in [9.17, 15) is 4.79 Å². The third kappa shape index (κ3) is 4.81. The molecule has 126 valence electrons. The minimum absolute atomic E-state index is 0.308. The first-order valence-corrected chi connectivity index (χ1v) is 8.52. The normalized spacial score (nSPS) is 10.2. The predicted octanol–water partition coefficient (Wildman–Crippen LogP) is 5.54. The predicted molar refractivity (Wildman–Crippen MR) is 105 cm³/mol. The molecule has 0 aliphatic rings. The van der Waals surface area contributed by atoms with E-state index in [1.807, 2.05) is 61.5 Å². The first-order chi connectivity index (χ1) is 12.1. The van der Waals surface area contributed by atoms with Gasteiger partial charge in [0.25, 0.3) is 0 Å². The van der Waals surface area contributed by atoms with Gasteiger partial charge < -0.3 is 16.0 Å². The lowest BCUT2D eigenvalue weighted by Crippen LogP contribution is -2.19. The third-order valence-corrected chi connectivity index (χ3v) is 4.37. The Hall–Kier alpha value is -2.86. The van der Waals surface area contributed by atoms with Crippen molar-refractivity contribution in [2.45, 2.75) is 6.92 Å². The molecule has 0 unspecified atom stereocenters. The number of hydrogen-bond acceptors (Lipinski definition) is 3. The summed E-state index contributed by atoms with van der Waals surface area (Å²) in [4.78, 5) is 16.3. The van der Waals surface area contributed by atoms with Crippen molar-refractivity contribution in [3.8, 4) is 0 Å². The minimum atomic E-state index is -0.308. The van der Waals surface area contributed by atoms with Crippen LogP contribution in [-0.4, -0.2) is 11.0 Å². The lowest BCUT2D eigenvalue weighted by atomic mass is 10.2. The van der Waals surface area contributed by atoms with Gasteiger partial charge in [-0.15, -0.1) is 0 Å². The van der Waals surface area contributed by atoms with Crippen molar-refractivity contribution in [1.29, 1.82) is 0 Å². The molecule has 0 spiro atoms. The van der Waals surface area contributed by atoms with E-state index in [1.165, 1.54) is 0 Å². The third-order valence-electron chi connectivity index (χ3n) is 3.48. The highest BCUT2D eigenvalue weighted by Crippen LogP contribution is 2.22. The Morgan fingerprint density at radius 1 is 0.920 bits per heavy atom. The molecule has 0 aliphatic heterocycles. The highest BCUT2D eigenvalue weighted by molar-refractivity contribution is 9.10. The zero-order chi connectivity index (χ0) is 17.6. The van der Waals surface area contributed by atoms with Crippen LogP contribution in [0.3, 0.4) is 0 Å². The van der Waals surface area contributed by atoms with Gasteiger partial charge in [-0.3, -0.25) is 0 Å². The number of para-hydroxylation sites is 1. The van der Waals surface area contributed by atoms with Crippen LogP contribution in [0.2, 0.25) is 0 Å². The summed E-state index contributed by atoms with van der Waals surface area (Å²) < 4.78 is 1.06. The van der Waals surface area contributed by atoms with Crippen LogP contribution in [-0.2, 0) is 0 Å². The van der Waals surface area contributed by atoms with E-state index in [1.54, 1.807) is 12.3 Å². The number of anilines is 4. The Balaban J connectivity index is 1.60. The summed E-state index contributed by atoms with van der Waals surface area (Å²) in [6, 6.07) is 18.6. The molecule has 0 saturated carbocycles. The second-order valence-corrected chi connectivity index (χ2v) is 6.32. The van der Waals surface area contributed by atoms with Crippen LogP contribution in [0.15, 0.2) is 71.3 Å². The number of carbonyl (C=O) groups excluding carboxylic acids is 1. The van der Waals surface area contributed by atoms with E-state index in [2.05, 4.69) is 36.9 Å². The molecule has 0 atom stereocenters. The largest absolute Gasteiger partial charge is 0.340 e. The Labute approximate surface area is 154 Å². The molecule has 5 nitrogen and oxygen atoms in total. The number of aryl methyl sites for hydroxylation is 1. The van der Waals surface area contributed by atoms with Gasteiger partial charge in [-0.25, -0.2) is 9.78 Å². The highest BCUT2D eigenvalue weighted by Gasteiger charge is 2.04. The number of nitrogens with zero attached hydrogens (tertiary/aromatic N) is 1. The molecule has 3 aromatic rings. The fourth-order valence-electron chi connectivity index (χ4n) is 2.23. The molecule has 2 amide bonds. The minimum Gasteiger partial charge on any atom is -0.340 e. The Morgan fingerprint density at radius 3 is 2.32 bits per heavy atom. The van der Waals surface area contributed by atoms with Gasteiger partial charge in [0.2, 0.25) is 0 Å². The van der Waals surface area contributed by atoms with Gasteiger partial charge in [0.15, 0.2) is 0 Å². The topological polar surface area (TPSA) is 66.0 Å². The summed E-state index contributed by atoms with van der Waals surface area (Å²) in [6.45, 7) is 2.03. The van der Waals surface area contributed by atoms with Crippen molar-refractivity contribution in [1.82, 2.24) is 4.98 Å². The van der Waals surface area contributed by atoms with Gasteiger partial charge in [0, 0.05) is 15.8 Å². The average molecular weight is 397 g/mol. The molecule has 6 heteroatoms. The van der Waals surface area contributed by atoms with Crippen molar-refractivity contribution in [3.05, 3.63) is 76.9 Å². The maximum absolute atomic E-state index is 12.0. The number of amides is 2. The summed E-state index contributed by atoms with van der Waals surface area (Å²) in [5, 5.41) is 8.74. The van der Waals surface area contributed by atoms with E-state index in [-0.39, 0.29) is 6.03 Å². The van der Waals surface area contributed by atoms with Crippen molar-refractivity contribution >= 4 is 44.8 Å². The molecule has 3 N–H and O–H groups in total. The van der Waals surface area contributed by atoms with Crippen LogP contribution < -0.4 is 16.0 Å². The lowest BCUT2D eigenvalue weighted by Gasteiger charge is -2.10. The van der Waals surface area contributed by atoms with Crippen LogP contribution in [0.5, 0.6) is 0 Å². The molecule has 0 aliphatic carbocycles. The number of carbonyl (C=O) groups is 1. The molecule has 0 fully saturated rings. The SMILES string of the molecule is Cc1cc(Nc2ccc(NC(=O)Nc3ccccc3)cn2)ccc1Br. The zero-order valence-electron chi connectivity index (χ0n) is 13.6. The smallest absolute Gasteiger partial charge is 0.323 e. The van der Waals surface area contributed by atoms with Gasteiger partial charge in [-0.2, -0.15) is 0 Å². The number of halogens is 1. The van der Waals surface area contributed by atoms with Crippen LogP contribution in [0, 0.1) is 6.92 Å². The monoisotopic (exact) mass is 396 g/mol. The number of pyridine rings is 1. The molecule has 1 aromatic heterocycles. The Morgan fingerprint density at radius 2 is 1.64 bits per heavy atom. The van der Waals surface area contributed by atoms with E-state index >= 15 is 0 Å². The quantitative estimate of drug-likeness (QED) is 0.542. The molecule has 25 heavy (non-hydrogen) atoms. The van der Waals surface area contributed by atoms with Gasteiger partial charge in [-0.05, 0) is 55.0 Å². The van der Waals surface area contributed by atoms with Gasteiger partial charge >= 0.3 is 6.03 Å². The summed E-state index contributed by atoms with van der Waals surface area (Å²) in [7, 11) is 0. The molecule has 1 heterocycles. The molecule has 2 aromatic carbocycles. The second kappa shape index (κ2) is 7.81. The standard InChI is InChI=1S/C19H17BrN4O/c1-13-11-15(7-9-17(13)20)22-18-10-8-16(12-21-18)24-19(25)23-14-5-3-2-4-6-14/h2-12H,1H3,(H,21,22)(H2,23,24,25). The summed E-state index contributed by atoms with van der Waals surface area (Å²) >= 11 is 3.48. The van der Waals surface area contributed by atoms with Crippen LogP contribution in [0.25, 0.3) is 0 Å². The summed E-state index contributed by atoms with van der Waals surface area (Å²) in [5.41, 5.74) is 3.44. The number of nitrogens with one attached hydrogen (secondary N) is 3. The Kier molecular flexibility index (Phi) is 5.30. The van der Waals surface area contributed by atoms with Gasteiger partial charge in [-0.1, -0.05) is 34.1 Å². The van der Waals surface area contributed by atoms with Gasteiger partial charge in [0.1, 0.15) is 5.82 Å². The van der Waals surface area contributed by atoms with Crippen LogP contribution >= 0.6 is 15.9 Å². The van der Waals surface area contributed by atoms with Crippen LogP contribution in [0.1, 0.15) is 5.56 Å². The molecular weight excluding hydrogens is 380 g/mol. The van der Waals surface area contributed by atoms with Crippen molar-refractivity contribution < 1.29 is 4.79 Å². The molecular formula is C19H17BrN4O. The fourth-order valence-corrected chi connectivity index (χ4v) is 2.47. The number of hydrogen-bond donors (Lipinski definition) is 3. The molecule has 0 bridgehead atoms. The maximum atomic E-state index is 12.0. The first kappa shape index (κ1) is 17.0. The van der Waals surface area contributed by atoms with E-state index in [0.717, 1.165) is 21.4 Å². The van der Waals surface area contributed by atoms with Crippen LogP contribution in [0.4, 0.5) is 27.7 Å². The molecule has 0 saturated heterocycles. The maximum Gasteiger partial charge on any atom is 0.323 e. The van der Waals surface area contributed by atoms with E-state index in [0.29, 0.717) is 11.5 Å². The van der Waals surface area contributed by atoms with Crippen molar-refractivity contribution in [3.63, 3.8) is 0 Å². The lowest BCUT2D eigenvalue weighted by molar-refractivity contribution is 0.262. The van der Waals surface area contributed by atoms with E-state index in [4.69, 9.17) is 0 Å². The van der Waals surface area contributed by atoms with Gasteiger partial charge in [0.05, 0.1) is 11.9 Å². The Bertz CT molecular complexity index is 866. The second-order valence-electron chi connectivity index (χ2n) is 5.47. The number of aromatic nitrogens is 1. The number of urea groups is 1. The summed E-state index contributed by atoms with van der Waals surface area (Å²) in [6.07, 6.45) is 1.61. The number of benzene rings is 2. The van der Waals surface area contributed by atoms with E-state index < -0.39 is 0 Å². The summed E-state index contributed by atoms with van der Waals surface area (Å²) in [5.74, 6) is 0.704. The molecule has 0 radical (unpaired) electrons. The average Bonchev–Trinajstić information content (AvgIpc) is 2.61. The van der Waals surface area contributed by atoms with Crippen molar-refractivity contribution in [2.75, 3.05) is 16.0 Å². The highest BCUT2D eigenvalue weighted by atomic mass is 79.9. The molecule has 3 rings (SSSR count). The van der Waals surface area contributed by atoms with Crippen molar-refractivity contribution in [2.24, 2.45) is 0 Å². The zero-order valence-corrected chi connectivity index (χ0v) is 15.2. The fraction of sp³-hybridized carbons (Fsp3) is 0.0526. The number of rotatable bonds is 4.